The summed E-state index contributed by atoms with van der Waals surface area (Å²) in [5, 5.41) is 0. The Hall–Kier alpha value is -0.320. The number of thioether (sulfide) groups is 1. The Labute approximate surface area is 119 Å². The molecule has 1 unspecified atom stereocenters. The molecule has 0 saturated heterocycles. The molecule has 1 aromatic carbocycles. The molecule has 2 N–H and O–H groups in total. The second-order valence-corrected chi connectivity index (χ2v) is 7.11. The Kier molecular flexibility index (Phi) is 5.65. The maximum atomic E-state index is 11.9. The molecule has 0 spiro atoms. The second-order valence-electron chi connectivity index (χ2n) is 4.74. The van der Waals surface area contributed by atoms with Crippen LogP contribution in [-0.4, -0.2) is 12.9 Å². The molecule has 0 aromatic heterocycles. The molecule has 19 heavy (non-hydrogen) atoms. The van der Waals surface area contributed by atoms with Crippen molar-refractivity contribution in [2.75, 3.05) is 12.9 Å². The fourth-order valence-corrected chi connectivity index (χ4v) is 3.57. The van der Waals surface area contributed by atoms with Crippen LogP contribution in [0.25, 0.3) is 0 Å². The molecule has 108 valence electrons. The first-order valence-electron chi connectivity index (χ1n) is 6.11. The van der Waals surface area contributed by atoms with Crippen molar-refractivity contribution >= 4 is 19.5 Å². The van der Waals surface area contributed by atoms with E-state index in [0.29, 0.717) is 0 Å². The first kappa shape index (κ1) is 16.7. The average Bonchev–Trinajstić information content (AvgIpc) is 2.27. The van der Waals surface area contributed by atoms with Gasteiger partial charge in [-0.15, -0.1) is 11.8 Å². The van der Waals surface area contributed by atoms with Gasteiger partial charge in [0.2, 0.25) is 0 Å². The molecule has 0 saturated carbocycles. The van der Waals surface area contributed by atoms with E-state index in [9.17, 15) is 4.57 Å². The van der Waals surface area contributed by atoms with E-state index in [1.54, 1.807) is 18.7 Å². The van der Waals surface area contributed by atoms with Crippen LogP contribution in [0.4, 0.5) is 0 Å². The minimum Gasteiger partial charge on any atom is -0.297 e. The first-order chi connectivity index (χ1) is 8.72. The highest BCUT2D eigenvalue weighted by Crippen LogP contribution is 2.47. The van der Waals surface area contributed by atoms with Crippen molar-refractivity contribution < 1.29 is 13.6 Å². The van der Waals surface area contributed by atoms with Crippen LogP contribution in [0.5, 0.6) is 0 Å². The van der Waals surface area contributed by atoms with E-state index < -0.39 is 13.3 Å². The third kappa shape index (κ3) is 4.62. The molecule has 1 aromatic rings. The van der Waals surface area contributed by atoms with Crippen molar-refractivity contribution in [3.63, 3.8) is 0 Å². The molecule has 1 atom stereocenters. The molecule has 0 bridgehead atoms. The van der Waals surface area contributed by atoms with Gasteiger partial charge in [0.1, 0.15) is 0 Å². The monoisotopic (exact) mass is 303 g/mol. The Morgan fingerprint density at radius 3 is 2.53 bits per heavy atom. The molecular formula is C13H22NO3PS. The summed E-state index contributed by atoms with van der Waals surface area (Å²) in [5.41, 5.74) is 6.87. The Bertz CT molecular complexity index is 491. The number of hydrogen-bond donors (Lipinski definition) is 1. The number of nitrogens with two attached hydrogens (primary N) is 1. The molecule has 6 heteroatoms. The molecule has 0 radical (unpaired) electrons. The highest BCUT2D eigenvalue weighted by Gasteiger charge is 2.31. The lowest BCUT2D eigenvalue weighted by molar-refractivity contribution is 0.0782. The highest BCUT2D eigenvalue weighted by molar-refractivity contribution is 7.98. The van der Waals surface area contributed by atoms with E-state index in [1.165, 1.54) is 4.90 Å². The molecule has 4 nitrogen and oxygen atoms in total. The van der Waals surface area contributed by atoms with Crippen molar-refractivity contribution in [1.82, 2.24) is 0 Å². The Morgan fingerprint density at radius 2 is 2.05 bits per heavy atom. The van der Waals surface area contributed by atoms with E-state index in [-0.39, 0.29) is 6.61 Å². The van der Waals surface area contributed by atoms with Crippen molar-refractivity contribution in [2.24, 2.45) is 5.50 Å². The zero-order valence-corrected chi connectivity index (χ0v) is 13.8. The first-order valence-corrected chi connectivity index (χ1v) is 8.94. The normalized spacial score (nSPS) is 15.3. The summed E-state index contributed by atoms with van der Waals surface area (Å²) in [6, 6.07) is 6.02. The summed E-state index contributed by atoms with van der Waals surface area (Å²) < 4.78 is 22.4. The van der Waals surface area contributed by atoms with Gasteiger partial charge in [-0.3, -0.25) is 9.05 Å². The predicted octanol–water partition coefficient (Wildman–Crippen LogP) is 4.07. The van der Waals surface area contributed by atoms with E-state index in [1.807, 2.05) is 45.2 Å². The molecule has 0 fully saturated rings. The predicted molar refractivity (Wildman–Crippen MR) is 80.5 cm³/mol. The van der Waals surface area contributed by atoms with Crippen LogP contribution >= 0.6 is 19.5 Å². The number of rotatable bonds is 6. The number of hydrogen-bond acceptors (Lipinski definition) is 4. The largest absolute Gasteiger partial charge is 0.403 e. The van der Waals surface area contributed by atoms with E-state index in [0.717, 1.165) is 11.1 Å². The van der Waals surface area contributed by atoms with Gasteiger partial charge in [-0.2, -0.15) is 0 Å². The summed E-state index contributed by atoms with van der Waals surface area (Å²) in [4.78, 5) is 1.21. The quantitative estimate of drug-likeness (QED) is 0.634. The minimum absolute atomic E-state index is 0.258. The standard InChI is InChI=1S/C13H22NO3PS/c1-6-16-18(14,15)17-13(3,4)11-7-8-12(19-5)10(2)9-11/h7-9H,6H2,1-5H3,(H2,14,15). The molecule has 0 amide bonds. The zero-order valence-electron chi connectivity index (χ0n) is 12.1. The SMILES string of the molecule is CCOP(N)(=O)OC(C)(C)c1ccc(SC)c(C)c1. The van der Waals surface area contributed by atoms with Gasteiger partial charge >= 0.3 is 7.75 Å². The highest BCUT2D eigenvalue weighted by atomic mass is 32.2. The molecule has 0 heterocycles. The van der Waals surface area contributed by atoms with E-state index in [2.05, 4.69) is 0 Å². The van der Waals surface area contributed by atoms with Crippen molar-refractivity contribution in [3.05, 3.63) is 29.3 Å². The lowest BCUT2D eigenvalue weighted by Gasteiger charge is -2.28. The average molecular weight is 303 g/mol. The van der Waals surface area contributed by atoms with Gasteiger partial charge < -0.3 is 0 Å². The third-order valence-electron chi connectivity index (χ3n) is 2.75. The van der Waals surface area contributed by atoms with Crippen LogP contribution in [0, 0.1) is 6.92 Å². The summed E-state index contributed by atoms with van der Waals surface area (Å²) in [6.45, 7) is 7.69. The van der Waals surface area contributed by atoms with Crippen molar-refractivity contribution in [1.29, 1.82) is 0 Å². The number of aryl methyl sites for hydroxylation is 1. The van der Waals surface area contributed by atoms with Gasteiger partial charge in [0.05, 0.1) is 12.2 Å². The van der Waals surface area contributed by atoms with Crippen LogP contribution in [0.3, 0.4) is 0 Å². The van der Waals surface area contributed by atoms with Gasteiger partial charge in [0.25, 0.3) is 0 Å². The summed E-state index contributed by atoms with van der Waals surface area (Å²) in [5.74, 6) is 0. The summed E-state index contributed by atoms with van der Waals surface area (Å²) in [7, 11) is -3.52. The lowest BCUT2D eigenvalue weighted by atomic mass is 9.97. The molecule has 0 aliphatic heterocycles. The summed E-state index contributed by atoms with van der Waals surface area (Å²) in [6.07, 6.45) is 2.03. The maximum Gasteiger partial charge on any atom is 0.403 e. The van der Waals surface area contributed by atoms with Crippen LogP contribution in [0.2, 0.25) is 0 Å². The van der Waals surface area contributed by atoms with Gasteiger partial charge in [-0.05, 0) is 51.1 Å². The maximum absolute atomic E-state index is 11.9. The van der Waals surface area contributed by atoms with Gasteiger partial charge in [0, 0.05) is 4.90 Å². The van der Waals surface area contributed by atoms with E-state index >= 15 is 0 Å². The fraction of sp³-hybridized carbons (Fsp3) is 0.538. The minimum atomic E-state index is -3.52. The van der Waals surface area contributed by atoms with Crippen LogP contribution < -0.4 is 5.50 Å². The van der Waals surface area contributed by atoms with Crippen LogP contribution in [0.15, 0.2) is 23.1 Å². The Balaban J connectivity index is 3.00. The molecule has 0 aliphatic rings. The van der Waals surface area contributed by atoms with E-state index in [4.69, 9.17) is 14.6 Å². The molecular weight excluding hydrogens is 281 g/mol. The smallest absolute Gasteiger partial charge is 0.297 e. The van der Waals surface area contributed by atoms with Crippen LogP contribution in [0.1, 0.15) is 31.9 Å². The van der Waals surface area contributed by atoms with Gasteiger partial charge in [-0.25, -0.2) is 10.1 Å². The summed E-state index contributed by atoms with van der Waals surface area (Å²) >= 11 is 1.69. The lowest BCUT2D eigenvalue weighted by Crippen LogP contribution is -2.23. The third-order valence-corrected chi connectivity index (χ3v) is 4.98. The zero-order chi connectivity index (χ0) is 14.7. The molecule has 1 rings (SSSR count). The molecule has 0 aliphatic carbocycles. The Morgan fingerprint density at radius 1 is 1.42 bits per heavy atom. The fourth-order valence-electron chi connectivity index (χ4n) is 1.83. The number of benzene rings is 1. The van der Waals surface area contributed by atoms with Crippen molar-refractivity contribution in [3.8, 4) is 0 Å². The second kappa shape index (κ2) is 6.42. The van der Waals surface area contributed by atoms with Gasteiger partial charge in [0.15, 0.2) is 0 Å². The topological polar surface area (TPSA) is 61.5 Å². The van der Waals surface area contributed by atoms with Crippen molar-refractivity contribution in [2.45, 2.75) is 38.2 Å². The van der Waals surface area contributed by atoms with Crippen LogP contribution in [-0.2, 0) is 19.2 Å². The van der Waals surface area contributed by atoms with Gasteiger partial charge in [-0.1, -0.05) is 12.1 Å².